The van der Waals surface area contributed by atoms with E-state index in [4.69, 9.17) is 8.92 Å². The van der Waals surface area contributed by atoms with Crippen LogP contribution in [-0.4, -0.2) is 26.7 Å². The third-order valence-corrected chi connectivity index (χ3v) is 6.28. The normalized spacial score (nSPS) is 23.6. The van der Waals surface area contributed by atoms with Gasteiger partial charge in [-0.25, -0.2) is 0 Å². The lowest BCUT2D eigenvalue weighted by Crippen LogP contribution is -2.44. The topological polar surface area (TPSA) is 72.8 Å². The zero-order valence-electron chi connectivity index (χ0n) is 15.0. The molecule has 26 heavy (non-hydrogen) atoms. The molecule has 0 spiro atoms. The lowest BCUT2D eigenvalue weighted by molar-refractivity contribution is -0.0910. The van der Waals surface area contributed by atoms with E-state index in [2.05, 4.69) is 0 Å². The van der Waals surface area contributed by atoms with Crippen LogP contribution in [0.2, 0.25) is 0 Å². The molecule has 0 aromatic heterocycles. The number of aryl methyl sites for hydroxylation is 1. The van der Waals surface area contributed by atoms with Crippen molar-refractivity contribution >= 4 is 10.1 Å². The van der Waals surface area contributed by atoms with Gasteiger partial charge < -0.3 is 9.84 Å². The molecule has 1 unspecified atom stereocenters. The standard InChI is InChI=1S/C20H24O5S/c1-15-6-12-18(13-7-15)26(22,23)25-19-5-3-4-14-20(19,21)16-8-10-17(24-2)11-9-16/h6-13,19,21H,3-5,14H2,1-2H3/t19-,20?/m1/s1. The third-order valence-electron chi connectivity index (χ3n) is 4.95. The average Bonchev–Trinajstić information content (AvgIpc) is 2.64. The molecule has 3 rings (SSSR count). The number of ether oxygens (including phenoxy) is 1. The zero-order chi connectivity index (χ0) is 18.8. The molecule has 6 heteroatoms. The number of aliphatic hydroxyl groups is 1. The maximum absolute atomic E-state index is 12.7. The summed E-state index contributed by atoms with van der Waals surface area (Å²) in [5.74, 6) is 0.679. The first-order valence-corrected chi connectivity index (χ1v) is 10.1. The lowest BCUT2D eigenvalue weighted by Gasteiger charge is -2.39. The summed E-state index contributed by atoms with van der Waals surface area (Å²) in [4.78, 5) is 0.103. The monoisotopic (exact) mass is 376 g/mol. The van der Waals surface area contributed by atoms with Crippen molar-refractivity contribution in [3.8, 4) is 5.75 Å². The van der Waals surface area contributed by atoms with Gasteiger partial charge in [0.05, 0.1) is 12.0 Å². The van der Waals surface area contributed by atoms with Gasteiger partial charge in [-0.15, -0.1) is 0 Å². The van der Waals surface area contributed by atoms with Gasteiger partial charge in [0.25, 0.3) is 10.1 Å². The second-order valence-corrected chi connectivity index (χ2v) is 8.32. The molecule has 0 bridgehead atoms. The van der Waals surface area contributed by atoms with Gasteiger partial charge in [0, 0.05) is 0 Å². The van der Waals surface area contributed by atoms with Crippen molar-refractivity contribution in [2.75, 3.05) is 7.11 Å². The Bertz CT molecular complexity index is 843. The van der Waals surface area contributed by atoms with Gasteiger partial charge in [0.1, 0.15) is 17.5 Å². The number of rotatable bonds is 5. The van der Waals surface area contributed by atoms with Crippen molar-refractivity contribution in [1.82, 2.24) is 0 Å². The van der Waals surface area contributed by atoms with Crippen LogP contribution in [0.4, 0.5) is 0 Å². The molecule has 2 aromatic carbocycles. The molecule has 1 aliphatic rings. The SMILES string of the molecule is COc1ccc(C2(O)CCCC[C@H]2OS(=O)(=O)c2ccc(C)cc2)cc1. The molecule has 1 N–H and O–H groups in total. The molecule has 140 valence electrons. The number of benzene rings is 2. The predicted octanol–water partition coefficient (Wildman–Crippen LogP) is 3.54. The molecule has 5 nitrogen and oxygen atoms in total. The Balaban J connectivity index is 1.89. The van der Waals surface area contributed by atoms with Crippen LogP contribution in [-0.2, 0) is 19.9 Å². The van der Waals surface area contributed by atoms with Gasteiger partial charge in [-0.05, 0) is 49.6 Å². The lowest BCUT2D eigenvalue weighted by atomic mass is 9.77. The summed E-state index contributed by atoms with van der Waals surface area (Å²) >= 11 is 0. The minimum atomic E-state index is -3.95. The van der Waals surface area contributed by atoms with Crippen LogP contribution in [0, 0.1) is 6.92 Å². The van der Waals surface area contributed by atoms with Crippen LogP contribution in [0.25, 0.3) is 0 Å². The van der Waals surface area contributed by atoms with E-state index in [1.54, 1.807) is 43.5 Å². The summed E-state index contributed by atoms with van der Waals surface area (Å²) < 4.78 is 36.0. The Morgan fingerprint density at radius 1 is 1.04 bits per heavy atom. The Kier molecular flexibility index (Phi) is 5.37. The molecule has 1 fully saturated rings. The summed E-state index contributed by atoms with van der Waals surface area (Å²) in [6, 6.07) is 13.6. The highest BCUT2D eigenvalue weighted by molar-refractivity contribution is 7.86. The largest absolute Gasteiger partial charge is 0.497 e. The van der Waals surface area contributed by atoms with Crippen molar-refractivity contribution in [2.45, 2.75) is 49.2 Å². The molecule has 0 radical (unpaired) electrons. The zero-order valence-corrected chi connectivity index (χ0v) is 15.8. The van der Waals surface area contributed by atoms with Gasteiger partial charge in [-0.3, -0.25) is 4.18 Å². The first-order chi connectivity index (χ1) is 12.3. The van der Waals surface area contributed by atoms with Crippen LogP contribution >= 0.6 is 0 Å². The summed E-state index contributed by atoms with van der Waals surface area (Å²) in [7, 11) is -2.38. The van der Waals surface area contributed by atoms with Crippen molar-refractivity contribution in [2.24, 2.45) is 0 Å². The van der Waals surface area contributed by atoms with Gasteiger partial charge in [0.15, 0.2) is 0 Å². The smallest absolute Gasteiger partial charge is 0.297 e. The van der Waals surface area contributed by atoms with E-state index < -0.39 is 21.8 Å². The van der Waals surface area contributed by atoms with E-state index in [9.17, 15) is 13.5 Å². The van der Waals surface area contributed by atoms with Crippen molar-refractivity contribution < 1.29 is 22.4 Å². The van der Waals surface area contributed by atoms with Crippen molar-refractivity contribution in [3.05, 3.63) is 59.7 Å². The van der Waals surface area contributed by atoms with E-state index in [0.29, 0.717) is 24.2 Å². The Labute approximate surface area is 154 Å². The second-order valence-electron chi connectivity index (χ2n) is 6.75. The molecule has 2 atom stereocenters. The quantitative estimate of drug-likeness (QED) is 0.808. The molecule has 2 aromatic rings. The van der Waals surface area contributed by atoms with Crippen LogP contribution in [0.15, 0.2) is 53.4 Å². The number of methoxy groups -OCH3 is 1. The first kappa shape index (κ1) is 18.9. The maximum Gasteiger partial charge on any atom is 0.297 e. The summed E-state index contributed by atoms with van der Waals surface area (Å²) in [5.41, 5.74) is 0.265. The Hall–Kier alpha value is -1.89. The van der Waals surface area contributed by atoms with E-state index in [1.165, 1.54) is 12.1 Å². The van der Waals surface area contributed by atoms with E-state index >= 15 is 0 Å². The fraction of sp³-hybridized carbons (Fsp3) is 0.400. The van der Waals surface area contributed by atoms with Crippen LogP contribution in [0.5, 0.6) is 5.75 Å². The minimum absolute atomic E-state index is 0.103. The average molecular weight is 376 g/mol. The van der Waals surface area contributed by atoms with Crippen LogP contribution < -0.4 is 4.74 Å². The highest BCUT2D eigenvalue weighted by Gasteiger charge is 2.44. The molecule has 1 saturated carbocycles. The number of hydrogen-bond donors (Lipinski definition) is 1. The Morgan fingerprint density at radius 2 is 1.69 bits per heavy atom. The molecular weight excluding hydrogens is 352 g/mol. The van der Waals surface area contributed by atoms with Gasteiger partial charge in [-0.2, -0.15) is 8.42 Å². The van der Waals surface area contributed by atoms with Gasteiger partial charge >= 0.3 is 0 Å². The molecule has 1 aliphatic carbocycles. The van der Waals surface area contributed by atoms with Crippen molar-refractivity contribution in [1.29, 1.82) is 0 Å². The fourth-order valence-corrected chi connectivity index (χ4v) is 4.52. The van der Waals surface area contributed by atoms with E-state index in [-0.39, 0.29) is 4.90 Å². The third kappa shape index (κ3) is 3.77. The highest BCUT2D eigenvalue weighted by Crippen LogP contribution is 2.40. The number of hydrogen-bond acceptors (Lipinski definition) is 5. The molecular formula is C20H24O5S. The maximum atomic E-state index is 12.7. The minimum Gasteiger partial charge on any atom is -0.497 e. The fourth-order valence-electron chi connectivity index (χ4n) is 3.37. The van der Waals surface area contributed by atoms with Crippen LogP contribution in [0.3, 0.4) is 0 Å². The van der Waals surface area contributed by atoms with Crippen molar-refractivity contribution in [3.63, 3.8) is 0 Å². The first-order valence-electron chi connectivity index (χ1n) is 8.72. The molecule has 0 aliphatic heterocycles. The van der Waals surface area contributed by atoms with Gasteiger partial charge in [0.2, 0.25) is 0 Å². The summed E-state index contributed by atoms with van der Waals surface area (Å²) in [6.45, 7) is 1.89. The Morgan fingerprint density at radius 3 is 2.31 bits per heavy atom. The second kappa shape index (κ2) is 7.39. The molecule has 0 heterocycles. The predicted molar refractivity (Wildman–Crippen MR) is 98.6 cm³/mol. The van der Waals surface area contributed by atoms with Gasteiger partial charge in [-0.1, -0.05) is 42.7 Å². The summed E-state index contributed by atoms with van der Waals surface area (Å²) in [6.07, 6.45) is 1.73. The molecule has 0 amide bonds. The van der Waals surface area contributed by atoms with Crippen LogP contribution in [0.1, 0.15) is 36.8 Å². The summed E-state index contributed by atoms with van der Waals surface area (Å²) in [5, 5.41) is 11.3. The molecule has 0 saturated heterocycles. The van der Waals surface area contributed by atoms with E-state index in [0.717, 1.165) is 18.4 Å². The highest BCUT2D eigenvalue weighted by atomic mass is 32.2. The van der Waals surface area contributed by atoms with E-state index in [1.807, 2.05) is 6.92 Å².